The topological polar surface area (TPSA) is 97.8 Å². The van der Waals surface area contributed by atoms with E-state index in [1.165, 1.54) is 12.1 Å². The lowest BCUT2D eigenvalue weighted by molar-refractivity contribution is -0.147. The van der Waals surface area contributed by atoms with E-state index < -0.39 is 33.5 Å². The Morgan fingerprint density at radius 1 is 0.861 bits per heavy atom. The predicted molar refractivity (Wildman–Crippen MR) is 132 cm³/mol. The fourth-order valence-corrected chi connectivity index (χ4v) is 6.03. The van der Waals surface area contributed by atoms with Crippen LogP contribution in [0.1, 0.15) is 50.6 Å². The van der Waals surface area contributed by atoms with Crippen LogP contribution in [0, 0.1) is 5.92 Å². The fraction of sp³-hybridized carbons (Fsp3) is 0.250. The van der Waals surface area contributed by atoms with Gasteiger partial charge in [0.25, 0.3) is 11.8 Å². The number of nitrogens with zero attached hydrogens (tertiary/aromatic N) is 1. The van der Waals surface area contributed by atoms with Crippen LogP contribution in [0.4, 0.5) is 0 Å². The number of imide groups is 1. The molecule has 2 amide bonds. The smallest absolute Gasteiger partial charge is 0.315 e. The Morgan fingerprint density at radius 2 is 1.44 bits per heavy atom. The molecule has 0 spiro atoms. The van der Waals surface area contributed by atoms with Crippen molar-refractivity contribution in [3.8, 4) is 0 Å². The van der Waals surface area contributed by atoms with Crippen LogP contribution >= 0.6 is 0 Å². The van der Waals surface area contributed by atoms with Crippen LogP contribution in [-0.4, -0.2) is 43.4 Å². The molecule has 36 heavy (non-hydrogen) atoms. The number of hydrogen-bond acceptors (Lipinski definition) is 6. The molecule has 1 aliphatic carbocycles. The Bertz CT molecular complexity index is 1380. The van der Waals surface area contributed by atoms with Crippen LogP contribution < -0.4 is 0 Å². The van der Waals surface area contributed by atoms with Crippen LogP contribution in [0.5, 0.6) is 0 Å². The third-order valence-corrected chi connectivity index (χ3v) is 8.45. The van der Waals surface area contributed by atoms with Gasteiger partial charge in [-0.1, -0.05) is 54.6 Å². The summed E-state index contributed by atoms with van der Waals surface area (Å²) in [6.07, 6.45) is 1.85. The Kier molecular flexibility index (Phi) is 6.45. The normalized spacial score (nSPS) is 16.1. The molecule has 8 heteroatoms. The van der Waals surface area contributed by atoms with Gasteiger partial charge >= 0.3 is 5.97 Å². The molecule has 0 aromatic heterocycles. The van der Waals surface area contributed by atoms with Crippen molar-refractivity contribution in [2.45, 2.75) is 30.3 Å². The number of carbonyl (C=O) groups excluding carboxylic acids is 3. The highest BCUT2D eigenvalue weighted by molar-refractivity contribution is 7.91. The second-order valence-corrected chi connectivity index (χ2v) is 11.2. The van der Waals surface area contributed by atoms with Gasteiger partial charge in [-0.2, -0.15) is 0 Å². The Morgan fingerprint density at radius 3 is 2.03 bits per heavy atom. The third-order valence-electron chi connectivity index (χ3n) is 6.55. The van der Waals surface area contributed by atoms with Crippen molar-refractivity contribution in [3.05, 3.63) is 101 Å². The van der Waals surface area contributed by atoms with Gasteiger partial charge in [0.1, 0.15) is 6.61 Å². The lowest BCUT2D eigenvalue weighted by Gasteiger charge is -2.22. The zero-order valence-electron chi connectivity index (χ0n) is 19.5. The molecule has 2 aliphatic rings. The van der Waals surface area contributed by atoms with Gasteiger partial charge in [0.15, 0.2) is 9.84 Å². The summed E-state index contributed by atoms with van der Waals surface area (Å²) in [7, 11) is -3.42. The predicted octanol–water partition coefficient (Wildman–Crippen LogP) is 3.99. The van der Waals surface area contributed by atoms with E-state index in [9.17, 15) is 22.8 Å². The standard InChI is InChI=1S/C28H25NO6S/c30-26-23-8-4-5-9-24(23)27(31)29(26)16-25(28(32)35-17-19-6-2-1-3-7-19)21-12-14-22(15-13-21)36(33,34)18-20-10-11-20/h1-9,12-15,20,25H,10-11,16-18H2. The molecule has 1 heterocycles. The molecule has 0 radical (unpaired) electrons. The molecule has 1 unspecified atom stereocenters. The average molecular weight is 504 g/mol. The van der Waals surface area contributed by atoms with Gasteiger partial charge in [-0.05, 0) is 54.2 Å². The minimum atomic E-state index is -3.42. The number of benzene rings is 3. The van der Waals surface area contributed by atoms with Crippen LogP contribution in [0.2, 0.25) is 0 Å². The minimum Gasteiger partial charge on any atom is -0.460 e. The van der Waals surface area contributed by atoms with E-state index in [0.29, 0.717) is 16.7 Å². The number of ether oxygens (including phenoxy) is 1. The zero-order valence-corrected chi connectivity index (χ0v) is 20.3. The van der Waals surface area contributed by atoms with E-state index in [1.807, 2.05) is 30.3 Å². The van der Waals surface area contributed by atoms with Crippen molar-refractivity contribution in [2.24, 2.45) is 5.92 Å². The molecule has 0 bridgehead atoms. The monoisotopic (exact) mass is 503 g/mol. The summed E-state index contributed by atoms with van der Waals surface area (Å²) in [5.41, 5.74) is 1.85. The second-order valence-electron chi connectivity index (χ2n) is 9.21. The molecule has 1 atom stereocenters. The average Bonchev–Trinajstić information content (AvgIpc) is 3.67. The molecule has 3 aromatic carbocycles. The highest BCUT2D eigenvalue weighted by Crippen LogP contribution is 2.33. The van der Waals surface area contributed by atoms with E-state index in [0.717, 1.165) is 23.3 Å². The van der Waals surface area contributed by atoms with Crippen LogP contribution in [0.25, 0.3) is 0 Å². The number of hydrogen-bond donors (Lipinski definition) is 0. The Hall–Kier alpha value is -3.78. The number of carbonyl (C=O) groups is 3. The molecule has 1 fully saturated rings. The summed E-state index contributed by atoms with van der Waals surface area (Å²) in [5, 5.41) is 0. The first kappa shape index (κ1) is 23.9. The molecule has 1 saturated carbocycles. The van der Waals surface area contributed by atoms with Crippen molar-refractivity contribution in [2.75, 3.05) is 12.3 Å². The fourth-order valence-electron chi connectivity index (χ4n) is 4.33. The maximum atomic E-state index is 13.2. The summed E-state index contributed by atoms with van der Waals surface area (Å²) in [5.74, 6) is -2.20. The number of esters is 1. The Balaban J connectivity index is 1.40. The van der Waals surface area contributed by atoms with Crippen molar-refractivity contribution in [1.82, 2.24) is 4.90 Å². The quantitative estimate of drug-likeness (QED) is 0.324. The van der Waals surface area contributed by atoms with Gasteiger partial charge in [-0.15, -0.1) is 0 Å². The second kappa shape index (κ2) is 9.70. The van der Waals surface area contributed by atoms with E-state index >= 15 is 0 Å². The number of sulfone groups is 1. The SMILES string of the molecule is O=C(OCc1ccccc1)C(CN1C(=O)c2ccccc2C1=O)c1ccc(S(=O)(=O)CC2CC2)cc1. The first-order valence-electron chi connectivity index (χ1n) is 11.8. The van der Waals surface area contributed by atoms with Gasteiger partial charge in [0.05, 0.1) is 27.7 Å². The Labute approximate surface area is 209 Å². The lowest BCUT2D eigenvalue weighted by atomic mass is 9.98. The van der Waals surface area contributed by atoms with Crippen molar-refractivity contribution >= 4 is 27.6 Å². The van der Waals surface area contributed by atoms with Crippen LogP contribution in [0.15, 0.2) is 83.8 Å². The van der Waals surface area contributed by atoms with Crippen molar-refractivity contribution in [3.63, 3.8) is 0 Å². The molecule has 0 N–H and O–H groups in total. The molecule has 1 aliphatic heterocycles. The number of rotatable bonds is 9. The highest BCUT2D eigenvalue weighted by atomic mass is 32.2. The van der Waals surface area contributed by atoms with Gasteiger partial charge < -0.3 is 4.74 Å². The summed E-state index contributed by atoms with van der Waals surface area (Å²) in [6, 6.07) is 21.8. The lowest BCUT2D eigenvalue weighted by Crippen LogP contribution is -2.36. The molecular formula is C28H25NO6S. The molecule has 5 rings (SSSR count). The van der Waals surface area contributed by atoms with Crippen LogP contribution in [-0.2, 0) is 26.0 Å². The van der Waals surface area contributed by atoms with Gasteiger partial charge in [0, 0.05) is 6.54 Å². The minimum absolute atomic E-state index is 0.0339. The van der Waals surface area contributed by atoms with Crippen molar-refractivity contribution < 1.29 is 27.5 Å². The number of fused-ring (bicyclic) bond motifs is 1. The van der Waals surface area contributed by atoms with E-state index in [2.05, 4.69) is 0 Å². The largest absolute Gasteiger partial charge is 0.460 e. The highest BCUT2D eigenvalue weighted by Gasteiger charge is 2.39. The van der Waals surface area contributed by atoms with E-state index in [4.69, 9.17) is 4.74 Å². The van der Waals surface area contributed by atoms with Gasteiger partial charge in [-0.3, -0.25) is 19.3 Å². The van der Waals surface area contributed by atoms with E-state index in [-0.39, 0.29) is 29.7 Å². The summed E-state index contributed by atoms with van der Waals surface area (Å²) in [4.78, 5) is 40.4. The van der Waals surface area contributed by atoms with Crippen LogP contribution in [0.3, 0.4) is 0 Å². The van der Waals surface area contributed by atoms with Gasteiger partial charge in [-0.25, -0.2) is 8.42 Å². The summed E-state index contributed by atoms with van der Waals surface area (Å²) >= 11 is 0. The third kappa shape index (κ3) is 4.95. The molecular weight excluding hydrogens is 478 g/mol. The van der Waals surface area contributed by atoms with Gasteiger partial charge in [0.2, 0.25) is 0 Å². The summed E-state index contributed by atoms with van der Waals surface area (Å²) in [6.45, 7) is -0.180. The zero-order chi connectivity index (χ0) is 25.3. The molecule has 0 saturated heterocycles. The molecule has 184 valence electrons. The summed E-state index contributed by atoms with van der Waals surface area (Å²) < 4.78 is 30.9. The molecule has 3 aromatic rings. The number of amides is 2. The first-order valence-corrected chi connectivity index (χ1v) is 13.5. The van der Waals surface area contributed by atoms with E-state index in [1.54, 1.807) is 36.4 Å². The maximum absolute atomic E-state index is 13.2. The maximum Gasteiger partial charge on any atom is 0.315 e. The molecule has 7 nitrogen and oxygen atoms in total. The first-order chi connectivity index (χ1) is 17.3. The van der Waals surface area contributed by atoms with Crippen molar-refractivity contribution in [1.29, 1.82) is 0 Å².